The van der Waals surface area contributed by atoms with Crippen molar-refractivity contribution in [3.63, 3.8) is 0 Å². The van der Waals surface area contributed by atoms with Crippen LogP contribution in [0, 0.1) is 0 Å². The molecule has 0 aliphatic rings. The van der Waals surface area contributed by atoms with Gasteiger partial charge in [-0.25, -0.2) is 9.67 Å². The Morgan fingerprint density at radius 1 is 1.10 bits per heavy atom. The molecule has 0 saturated carbocycles. The van der Waals surface area contributed by atoms with Gasteiger partial charge in [0, 0.05) is 18.9 Å². The van der Waals surface area contributed by atoms with Crippen LogP contribution in [0.1, 0.15) is 45.4 Å². The summed E-state index contributed by atoms with van der Waals surface area (Å²) in [6.45, 7) is 3.27. The molecule has 0 unspecified atom stereocenters. The molecule has 0 bridgehead atoms. The molecular weight excluding hydrogens is 248 g/mol. The minimum absolute atomic E-state index is 0.847. The summed E-state index contributed by atoms with van der Waals surface area (Å²) in [6, 6.07) is 5.93. The van der Waals surface area contributed by atoms with Crippen LogP contribution in [0.3, 0.4) is 0 Å². The molecule has 2 heterocycles. The summed E-state index contributed by atoms with van der Waals surface area (Å²) in [4.78, 5) is 4.40. The van der Waals surface area contributed by atoms with Crippen molar-refractivity contribution in [3.05, 3.63) is 36.8 Å². The standard InChI is InChI=1S/C16H24N4/c1-2-3-4-5-6-7-11-17-15-9-10-16(18-14-15)20-13-8-12-19-20/h8-10,12-14,17H,2-7,11H2,1H3. The zero-order valence-electron chi connectivity index (χ0n) is 12.3. The van der Waals surface area contributed by atoms with Gasteiger partial charge in [0.25, 0.3) is 0 Å². The Hall–Kier alpha value is -1.84. The summed E-state index contributed by atoms with van der Waals surface area (Å²) in [5.41, 5.74) is 1.08. The van der Waals surface area contributed by atoms with E-state index in [1.807, 2.05) is 24.5 Å². The molecule has 4 heteroatoms. The molecule has 0 fully saturated rings. The van der Waals surface area contributed by atoms with Crippen LogP contribution in [0.4, 0.5) is 5.69 Å². The monoisotopic (exact) mass is 272 g/mol. The van der Waals surface area contributed by atoms with E-state index in [0.717, 1.165) is 18.1 Å². The number of anilines is 1. The van der Waals surface area contributed by atoms with Crippen LogP contribution in [0.2, 0.25) is 0 Å². The first kappa shape index (κ1) is 14.6. The second-order valence-electron chi connectivity index (χ2n) is 5.05. The quantitative estimate of drug-likeness (QED) is 0.701. The number of unbranched alkanes of at least 4 members (excludes halogenated alkanes) is 5. The van der Waals surface area contributed by atoms with Gasteiger partial charge in [-0.3, -0.25) is 0 Å². The van der Waals surface area contributed by atoms with Crippen LogP contribution in [-0.2, 0) is 0 Å². The molecule has 2 aromatic heterocycles. The molecule has 1 N–H and O–H groups in total. The molecule has 4 nitrogen and oxygen atoms in total. The van der Waals surface area contributed by atoms with Crippen LogP contribution >= 0.6 is 0 Å². The second-order valence-corrected chi connectivity index (χ2v) is 5.05. The van der Waals surface area contributed by atoms with Gasteiger partial charge in [-0.2, -0.15) is 5.10 Å². The fourth-order valence-electron chi connectivity index (χ4n) is 2.17. The highest BCUT2D eigenvalue weighted by molar-refractivity contribution is 5.43. The predicted molar refractivity (Wildman–Crippen MR) is 83.2 cm³/mol. The lowest BCUT2D eigenvalue weighted by Gasteiger charge is -2.07. The Morgan fingerprint density at radius 3 is 2.65 bits per heavy atom. The fraction of sp³-hybridized carbons (Fsp3) is 0.500. The molecule has 0 spiro atoms. The molecule has 0 saturated heterocycles. The number of hydrogen-bond donors (Lipinski definition) is 1. The number of nitrogens with zero attached hydrogens (tertiary/aromatic N) is 3. The molecule has 0 amide bonds. The third-order valence-electron chi connectivity index (χ3n) is 3.35. The summed E-state index contributed by atoms with van der Waals surface area (Å²) < 4.78 is 1.76. The summed E-state index contributed by atoms with van der Waals surface area (Å²) in [7, 11) is 0. The van der Waals surface area contributed by atoms with Gasteiger partial charge in [0.2, 0.25) is 0 Å². The lowest BCUT2D eigenvalue weighted by atomic mass is 10.1. The van der Waals surface area contributed by atoms with Crippen molar-refractivity contribution in [2.75, 3.05) is 11.9 Å². The van der Waals surface area contributed by atoms with E-state index in [1.54, 1.807) is 10.9 Å². The highest BCUT2D eigenvalue weighted by Gasteiger charge is 1.98. The molecule has 0 aliphatic carbocycles. The van der Waals surface area contributed by atoms with Crippen LogP contribution in [0.15, 0.2) is 36.8 Å². The average Bonchev–Trinajstić information content (AvgIpc) is 3.01. The van der Waals surface area contributed by atoms with Gasteiger partial charge in [0.1, 0.15) is 0 Å². The van der Waals surface area contributed by atoms with Crippen molar-refractivity contribution in [2.24, 2.45) is 0 Å². The summed E-state index contributed by atoms with van der Waals surface area (Å²) >= 11 is 0. The maximum absolute atomic E-state index is 4.40. The van der Waals surface area contributed by atoms with E-state index in [0.29, 0.717) is 0 Å². The van der Waals surface area contributed by atoms with Gasteiger partial charge in [-0.15, -0.1) is 0 Å². The highest BCUT2D eigenvalue weighted by Crippen LogP contribution is 2.10. The number of pyridine rings is 1. The van der Waals surface area contributed by atoms with E-state index in [9.17, 15) is 0 Å². The van der Waals surface area contributed by atoms with Crippen LogP contribution < -0.4 is 5.32 Å². The summed E-state index contributed by atoms with van der Waals surface area (Å²) in [6.07, 6.45) is 13.5. The van der Waals surface area contributed by atoms with Crippen molar-refractivity contribution < 1.29 is 0 Å². The minimum Gasteiger partial charge on any atom is -0.384 e. The van der Waals surface area contributed by atoms with Crippen LogP contribution in [0.25, 0.3) is 5.82 Å². The van der Waals surface area contributed by atoms with Gasteiger partial charge in [-0.1, -0.05) is 39.0 Å². The van der Waals surface area contributed by atoms with E-state index < -0.39 is 0 Å². The van der Waals surface area contributed by atoms with E-state index in [-0.39, 0.29) is 0 Å². The number of rotatable bonds is 9. The van der Waals surface area contributed by atoms with Gasteiger partial charge in [0.05, 0.1) is 11.9 Å². The first-order valence-electron chi connectivity index (χ1n) is 7.60. The Morgan fingerprint density at radius 2 is 1.95 bits per heavy atom. The number of nitrogens with one attached hydrogen (secondary N) is 1. The Bertz CT molecular complexity index is 462. The predicted octanol–water partition coefficient (Wildman–Crippen LogP) is 4.04. The molecule has 0 aliphatic heterocycles. The molecule has 0 atom stereocenters. The lowest BCUT2D eigenvalue weighted by molar-refractivity contribution is 0.617. The average molecular weight is 272 g/mol. The first-order chi connectivity index (χ1) is 9.90. The summed E-state index contributed by atoms with van der Waals surface area (Å²) in [5, 5.41) is 7.58. The highest BCUT2D eigenvalue weighted by atomic mass is 15.3. The van der Waals surface area contributed by atoms with Gasteiger partial charge in [0.15, 0.2) is 5.82 Å². The number of hydrogen-bond acceptors (Lipinski definition) is 3. The van der Waals surface area contributed by atoms with Crippen molar-refractivity contribution in [1.29, 1.82) is 0 Å². The zero-order chi connectivity index (χ0) is 14.0. The smallest absolute Gasteiger partial charge is 0.153 e. The molecule has 2 aromatic rings. The lowest BCUT2D eigenvalue weighted by Crippen LogP contribution is -2.03. The third-order valence-corrected chi connectivity index (χ3v) is 3.35. The molecular formula is C16H24N4. The fourth-order valence-corrected chi connectivity index (χ4v) is 2.17. The van der Waals surface area contributed by atoms with Gasteiger partial charge >= 0.3 is 0 Å². The van der Waals surface area contributed by atoms with Crippen molar-refractivity contribution in [2.45, 2.75) is 45.4 Å². The third kappa shape index (κ3) is 4.68. The van der Waals surface area contributed by atoms with Crippen molar-refractivity contribution in [3.8, 4) is 5.82 Å². The number of aromatic nitrogens is 3. The van der Waals surface area contributed by atoms with Crippen molar-refractivity contribution >= 4 is 5.69 Å². The van der Waals surface area contributed by atoms with E-state index >= 15 is 0 Å². The minimum atomic E-state index is 0.847. The molecule has 2 rings (SSSR count). The maximum atomic E-state index is 4.40. The maximum Gasteiger partial charge on any atom is 0.153 e. The second kappa shape index (κ2) is 8.35. The normalized spacial score (nSPS) is 10.7. The van der Waals surface area contributed by atoms with E-state index in [1.165, 1.54) is 38.5 Å². The van der Waals surface area contributed by atoms with Gasteiger partial charge in [-0.05, 0) is 24.6 Å². The van der Waals surface area contributed by atoms with Gasteiger partial charge < -0.3 is 5.32 Å². The van der Waals surface area contributed by atoms with Crippen LogP contribution in [0.5, 0.6) is 0 Å². The van der Waals surface area contributed by atoms with E-state index in [4.69, 9.17) is 0 Å². The largest absolute Gasteiger partial charge is 0.384 e. The molecule has 20 heavy (non-hydrogen) atoms. The Kier molecular flexibility index (Phi) is 6.08. The molecule has 0 radical (unpaired) electrons. The van der Waals surface area contributed by atoms with Crippen LogP contribution in [-0.4, -0.2) is 21.3 Å². The first-order valence-corrected chi connectivity index (χ1v) is 7.60. The Balaban J connectivity index is 1.67. The van der Waals surface area contributed by atoms with E-state index in [2.05, 4.69) is 28.4 Å². The SMILES string of the molecule is CCCCCCCCNc1ccc(-n2cccn2)nc1. The Labute approximate surface area is 121 Å². The zero-order valence-corrected chi connectivity index (χ0v) is 12.3. The molecule has 0 aromatic carbocycles. The van der Waals surface area contributed by atoms with Crippen molar-refractivity contribution in [1.82, 2.24) is 14.8 Å². The topological polar surface area (TPSA) is 42.7 Å². The summed E-state index contributed by atoms with van der Waals surface area (Å²) in [5.74, 6) is 0.847. The molecule has 108 valence electrons.